The third-order valence-electron chi connectivity index (χ3n) is 0.777. The summed E-state index contributed by atoms with van der Waals surface area (Å²) in [6.07, 6.45) is 0. The van der Waals surface area contributed by atoms with Crippen molar-refractivity contribution >= 4 is 22.0 Å². The number of nitriles is 2. The average Bonchev–Trinajstić information content (AvgIpc) is 1.91. The van der Waals surface area contributed by atoms with Gasteiger partial charge in [-0.25, -0.2) is 0 Å². The summed E-state index contributed by atoms with van der Waals surface area (Å²) >= 11 is 2.54. The van der Waals surface area contributed by atoms with Crippen LogP contribution >= 0.6 is 16.3 Å². The van der Waals surface area contributed by atoms with E-state index in [4.69, 9.17) is 10.5 Å². The molecule has 0 N–H and O–H groups in total. The second kappa shape index (κ2) is 4.92. The molecule has 0 unspecified atom stereocenters. The molecule has 0 spiro atoms. The monoisotopic (exact) mass is 202 g/mol. The Morgan fingerprint density at radius 1 is 1.60 bits per heavy atom. The van der Waals surface area contributed by atoms with Crippen LogP contribution in [-0.4, -0.2) is 12.4 Å². The van der Waals surface area contributed by atoms with Gasteiger partial charge in [0.1, 0.15) is 6.61 Å². The molecule has 0 atom stereocenters. The number of ketones is 1. The van der Waals surface area contributed by atoms with Crippen LogP contribution in [0.25, 0.3) is 0 Å². The van der Waals surface area contributed by atoms with Crippen LogP contribution in [0, 0.1) is 28.6 Å². The minimum absolute atomic E-state index is 0.258. The van der Waals surface area contributed by atoms with Crippen molar-refractivity contribution in [1.29, 1.82) is 10.5 Å². The third-order valence-corrected chi connectivity index (χ3v) is 1.01. The summed E-state index contributed by atoms with van der Waals surface area (Å²) in [6.45, 7) is -0.258. The number of carbonyl (C=O) groups is 1. The molecule has 0 aliphatic heterocycles. The highest BCUT2D eigenvalue weighted by molar-refractivity contribution is 9.06. The van der Waals surface area contributed by atoms with Gasteiger partial charge in [0.2, 0.25) is 0 Å². The van der Waals surface area contributed by atoms with E-state index in [0.717, 1.165) is 0 Å². The minimum atomic E-state index is -1.21. The number of halogens is 1. The van der Waals surface area contributed by atoms with Gasteiger partial charge in [0.05, 0.1) is 28.4 Å². The van der Waals surface area contributed by atoms with E-state index in [1.54, 1.807) is 0 Å². The summed E-state index contributed by atoms with van der Waals surface area (Å²) in [7, 11) is 0. The largest absolute Gasteiger partial charge is 0.300 e. The van der Waals surface area contributed by atoms with Gasteiger partial charge in [-0.3, -0.25) is 8.62 Å². The summed E-state index contributed by atoms with van der Waals surface area (Å²) in [5.41, 5.74) is 0. The first-order valence-electron chi connectivity index (χ1n) is 2.31. The molecule has 0 radical (unpaired) electrons. The molecule has 0 heterocycles. The van der Waals surface area contributed by atoms with Crippen molar-refractivity contribution in [2.24, 2.45) is 5.92 Å². The van der Waals surface area contributed by atoms with Gasteiger partial charge < -0.3 is 0 Å². The molecule has 0 rings (SSSR count). The second-order valence-electron chi connectivity index (χ2n) is 1.41. The Morgan fingerprint density at radius 2 is 2.10 bits per heavy atom. The van der Waals surface area contributed by atoms with Crippen molar-refractivity contribution in [1.82, 2.24) is 0 Å². The van der Waals surface area contributed by atoms with Gasteiger partial charge in [-0.1, -0.05) is 0 Å². The average molecular weight is 203 g/mol. The molecule has 0 aromatic heterocycles. The fourth-order valence-corrected chi connectivity index (χ4v) is 0.536. The fraction of sp³-hybridized carbons (Fsp3) is 0.400. The van der Waals surface area contributed by atoms with Crippen LogP contribution in [0.5, 0.6) is 0 Å². The van der Waals surface area contributed by atoms with Gasteiger partial charge in [-0.2, -0.15) is 10.5 Å². The van der Waals surface area contributed by atoms with Gasteiger partial charge in [0.25, 0.3) is 0 Å². The summed E-state index contributed by atoms with van der Waals surface area (Å²) in [4.78, 5) is 10.6. The Balaban J connectivity index is 3.96. The smallest absolute Gasteiger partial charge is 0.193 e. The molecule has 10 heavy (non-hydrogen) atoms. The lowest BCUT2D eigenvalue weighted by Crippen LogP contribution is -2.14. The maximum absolute atomic E-state index is 10.6. The van der Waals surface area contributed by atoms with Gasteiger partial charge in [0.15, 0.2) is 11.7 Å². The lowest BCUT2D eigenvalue weighted by molar-refractivity contribution is -0.121. The molecule has 0 fully saturated rings. The van der Waals surface area contributed by atoms with E-state index >= 15 is 0 Å². The van der Waals surface area contributed by atoms with Gasteiger partial charge >= 0.3 is 0 Å². The quantitative estimate of drug-likeness (QED) is 0.670. The van der Waals surface area contributed by atoms with E-state index in [-0.39, 0.29) is 6.61 Å². The molecule has 5 heteroatoms. The van der Waals surface area contributed by atoms with E-state index in [2.05, 4.69) is 20.1 Å². The highest BCUT2D eigenvalue weighted by Crippen LogP contribution is 1.96. The van der Waals surface area contributed by atoms with Gasteiger partial charge in [-0.05, 0) is 0 Å². The summed E-state index contributed by atoms with van der Waals surface area (Å²) in [5, 5.41) is 16.3. The molecule has 0 amide bonds. The number of carbonyl (C=O) groups excluding carboxylic acids is 1. The molecule has 0 aromatic carbocycles. The predicted octanol–water partition coefficient (Wildman–Crippen LogP) is 0.545. The number of nitrogens with zero attached hydrogens (tertiary/aromatic N) is 2. The maximum atomic E-state index is 10.6. The molecule has 0 bridgehead atoms. The van der Waals surface area contributed by atoms with Crippen LogP contribution in [0.3, 0.4) is 0 Å². The van der Waals surface area contributed by atoms with Crippen LogP contribution in [-0.2, 0) is 8.62 Å². The van der Waals surface area contributed by atoms with E-state index in [1.807, 2.05) is 0 Å². The van der Waals surface area contributed by atoms with Crippen LogP contribution in [0.2, 0.25) is 0 Å². The number of Topliss-reactive ketones (excluding diaryl/α,β-unsaturated/α-hetero) is 1. The predicted molar refractivity (Wildman–Crippen MR) is 34.6 cm³/mol. The third kappa shape index (κ3) is 2.58. The highest BCUT2D eigenvalue weighted by Gasteiger charge is 2.15. The van der Waals surface area contributed by atoms with Crippen molar-refractivity contribution in [2.75, 3.05) is 6.61 Å². The van der Waals surface area contributed by atoms with Crippen molar-refractivity contribution in [2.45, 2.75) is 0 Å². The van der Waals surface area contributed by atoms with Gasteiger partial charge in [0, 0.05) is 0 Å². The zero-order valence-corrected chi connectivity index (χ0v) is 6.46. The van der Waals surface area contributed by atoms with Crippen molar-refractivity contribution in [3.63, 3.8) is 0 Å². The molecule has 4 nitrogen and oxygen atoms in total. The van der Waals surface area contributed by atoms with E-state index < -0.39 is 11.7 Å². The summed E-state index contributed by atoms with van der Waals surface area (Å²) in [5.74, 6) is -1.75. The van der Waals surface area contributed by atoms with Crippen molar-refractivity contribution in [3.8, 4) is 12.1 Å². The van der Waals surface area contributed by atoms with Crippen LogP contribution in [0.4, 0.5) is 0 Å². The highest BCUT2D eigenvalue weighted by atomic mass is 79.9. The molecular formula is C5H3BrN2O2. The van der Waals surface area contributed by atoms with Gasteiger partial charge in [-0.15, -0.1) is 0 Å². The molecule has 0 aliphatic rings. The van der Waals surface area contributed by atoms with E-state index in [0.29, 0.717) is 0 Å². The lowest BCUT2D eigenvalue weighted by atomic mass is 10.1. The molecule has 0 saturated carbocycles. The fourth-order valence-electron chi connectivity index (χ4n) is 0.310. The van der Waals surface area contributed by atoms with Crippen molar-refractivity contribution < 1.29 is 8.62 Å². The zero-order chi connectivity index (χ0) is 7.98. The first kappa shape index (κ1) is 9.09. The summed E-state index contributed by atoms with van der Waals surface area (Å²) in [6, 6.07) is 3.05. The normalized spacial score (nSPS) is 8.40. The van der Waals surface area contributed by atoms with E-state index in [9.17, 15) is 4.79 Å². The molecular weight excluding hydrogens is 200 g/mol. The molecule has 0 aromatic rings. The number of hydrogen-bond donors (Lipinski definition) is 0. The van der Waals surface area contributed by atoms with Crippen LogP contribution < -0.4 is 0 Å². The Bertz CT molecular complexity index is 189. The maximum Gasteiger partial charge on any atom is 0.193 e. The number of rotatable bonds is 3. The zero-order valence-electron chi connectivity index (χ0n) is 4.87. The van der Waals surface area contributed by atoms with E-state index in [1.165, 1.54) is 12.1 Å². The SMILES string of the molecule is N#CC(C#N)C(=O)COBr. The molecule has 52 valence electrons. The van der Waals surface area contributed by atoms with Crippen molar-refractivity contribution in [3.05, 3.63) is 0 Å². The summed E-state index contributed by atoms with van der Waals surface area (Å²) < 4.78 is 4.25. The Labute approximate surface area is 66.5 Å². The molecule has 0 saturated heterocycles. The Morgan fingerprint density at radius 3 is 2.40 bits per heavy atom. The van der Waals surface area contributed by atoms with Crippen LogP contribution in [0.1, 0.15) is 0 Å². The number of hydrogen-bond acceptors (Lipinski definition) is 4. The lowest BCUT2D eigenvalue weighted by Gasteiger charge is -1.93. The Kier molecular flexibility index (Phi) is 4.47. The topological polar surface area (TPSA) is 73.9 Å². The first-order valence-corrected chi connectivity index (χ1v) is 2.96. The molecule has 0 aliphatic carbocycles. The first-order chi connectivity index (χ1) is 4.76. The Hall–Kier alpha value is -0.910. The second-order valence-corrected chi connectivity index (χ2v) is 1.87. The minimum Gasteiger partial charge on any atom is -0.300 e. The standard InChI is InChI=1S/C5H3BrN2O2/c6-10-3-5(9)4(1-7)2-8/h4H,3H2. The van der Waals surface area contributed by atoms with Crippen LogP contribution in [0.15, 0.2) is 0 Å².